The number of likely N-dealkylation sites (tertiary alicyclic amines) is 1. The molecule has 13 heteroatoms. The number of anilines is 1. The van der Waals surface area contributed by atoms with E-state index < -0.39 is 17.7 Å². The third-order valence-corrected chi connectivity index (χ3v) is 10.9. The summed E-state index contributed by atoms with van der Waals surface area (Å²) < 4.78 is 54.7. The van der Waals surface area contributed by atoms with E-state index in [-0.39, 0.29) is 29.6 Å². The molecular weight excluding hydrogens is 673 g/mol. The van der Waals surface area contributed by atoms with Gasteiger partial charge < -0.3 is 29.4 Å². The van der Waals surface area contributed by atoms with Gasteiger partial charge in [0.2, 0.25) is 0 Å². The van der Waals surface area contributed by atoms with Gasteiger partial charge in [0.15, 0.2) is 5.65 Å². The Labute approximate surface area is 301 Å². The maximum atomic E-state index is 14.2. The molecule has 2 aliphatic carbocycles. The minimum Gasteiger partial charge on any atom is -0.490 e. The molecule has 0 amide bonds. The Balaban J connectivity index is 1.15. The number of piperidine rings is 1. The molecule has 278 valence electrons. The highest BCUT2D eigenvalue weighted by atomic mass is 19.4. The number of alkyl halides is 3. The molecule has 0 spiro atoms. The zero-order chi connectivity index (χ0) is 36.5. The maximum Gasteiger partial charge on any atom is 0.418 e. The second-order valence-corrected chi connectivity index (χ2v) is 14.9. The van der Waals surface area contributed by atoms with Crippen LogP contribution in [0.5, 0.6) is 5.75 Å². The number of aromatic amines is 1. The highest BCUT2D eigenvalue weighted by Crippen LogP contribution is 2.46. The van der Waals surface area contributed by atoms with Gasteiger partial charge in [-0.15, -0.1) is 0 Å². The minimum atomic E-state index is -4.52. The Morgan fingerprint density at radius 3 is 2.44 bits per heavy atom. The summed E-state index contributed by atoms with van der Waals surface area (Å²) >= 11 is 0. The summed E-state index contributed by atoms with van der Waals surface area (Å²) in [6.07, 6.45) is 5.46. The van der Waals surface area contributed by atoms with Crippen LogP contribution in [0.2, 0.25) is 0 Å². The Bertz CT molecular complexity index is 1860. The first-order valence-corrected chi connectivity index (χ1v) is 18.4. The number of ether oxygens (including phenoxy) is 2. The van der Waals surface area contributed by atoms with E-state index in [2.05, 4.69) is 19.8 Å². The lowest BCUT2D eigenvalue weighted by atomic mass is 9.86. The minimum absolute atomic E-state index is 0.0220. The van der Waals surface area contributed by atoms with Gasteiger partial charge in [0.25, 0.3) is 0 Å². The van der Waals surface area contributed by atoms with Crippen molar-refractivity contribution in [3.05, 3.63) is 53.9 Å². The summed E-state index contributed by atoms with van der Waals surface area (Å²) in [4.78, 5) is 32.8. The van der Waals surface area contributed by atoms with Crippen LogP contribution in [0, 0.1) is 5.41 Å². The van der Waals surface area contributed by atoms with Gasteiger partial charge in [0.05, 0.1) is 29.2 Å². The Morgan fingerprint density at radius 2 is 1.79 bits per heavy atom. The van der Waals surface area contributed by atoms with Gasteiger partial charge in [-0.3, -0.25) is 9.78 Å². The number of nitrogens with zero attached hydrogens (tertiary/aromatic N) is 5. The van der Waals surface area contributed by atoms with Crippen molar-refractivity contribution < 1.29 is 32.5 Å². The number of hydrogen-bond donors (Lipinski definition) is 2. The average Bonchev–Trinajstić information content (AvgIpc) is 3.72. The van der Waals surface area contributed by atoms with E-state index in [1.165, 1.54) is 12.3 Å². The number of aromatic nitrogens is 4. The fraction of sp³-hybridized carbons (Fsp3) is 0.538. The predicted molar refractivity (Wildman–Crippen MR) is 193 cm³/mol. The van der Waals surface area contributed by atoms with Crippen molar-refractivity contribution in [2.24, 2.45) is 5.41 Å². The number of fused-ring (bicyclic) bond motifs is 1. The molecule has 1 aromatic carbocycles. The first-order valence-electron chi connectivity index (χ1n) is 18.4. The molecule has 3 aliphatic rings. The van der Waals surface area contributed by atoms with Gasteiger partial charge in [-0.1, -0.05) is 12.8 Å². The number of methoxy groups -OCH3 is 1. The number of halogens is 3. The first kappa shape index (κ1) is 36.1. The molecule has 0 atom stereocenters. The van der Waals surface area contributed by atoms with E-state index in [1.54, 1.807) is 7.11 Å². The third kappa shape index (κ3) is 8.20. The lowest BCUT2D eigenvalue weighted by Gasteiger charge is -2.34. The summed E-state index contributed by atoms with van der Waals surface area (Å²) in [5.41, 5.74) is 2.84. The molecule has 0 bridgehead atoms. The number of imidazole rings is 1. The molecular formula is C39H47F3N6O4. The normalized spacial score (nSPS) is 18.2. The number of carboxylic acid groups (broad SMARTS) is 1. The SMILES string of the molecule is COCC1(CN(C)c2cc(-c3cnc(C4CC4)c(C(F)(F)F)c3)nc3nc(-c4ccc(OC5CCN(CCCC(=O)O)CC5)cc4)[nH]c23)CCCC1. The number of carbonyl (C=O) groups is 1. The van der Waals surface area contributed by atoms with Crippen LogP contribution in [-0.2, 0) is 15.7 Å². The van der Waals surface area contributed by atoms with Crippen LogP contribution in [0.15, 0.2) is 42.6 Å². The molecule has 1 aliphatic heterocycles. The highest BCUT2D eigenvalue weighted by molar-refractivity contribution is 5.91. The predicted octanol–water partition coefficient (Wildman–Crippen LogP) is 7.93. The fourth-order valence-electron chi connectivity index (χ4n) is 8.04. The summed E-state index contributed by atoms with van der Waals surface area (Å²) in [5, 5.41) is 8.91. The number of rotatable bonds is 14. The summed E-state index contributed by atoms with van der Waals surface area (Å²) in [7, 11) is 3.74. The first-order chi connectivity index (χ1) is 25.0. The fourth-order valence-corrected chi connectivity index (χ4v) is 8.04. The standard InChI is InChI=1S/C39H47F3N6O4/c1-47(23-38(24-51-2)15-3-4-16-38)32-21-31(27-20-30(39(40,41)42)34(43-22-27)25-7-8-25)44-37-35(32)45-36(46-37)26-9-11-28(12-10-26)52-29-13-18-48(19-14-29)17-5-6-33(49)50/h9-12,20-22,25,29H,3-8,13-19,23-24H2,1-2H3,(H,49,50)(H,44,45,46). The second kappa shape index (κ2) is 15.0. The van der Waals surface area contributed by atoms with Gasteiger partial charge in [0, 0.05) is 68.9 Å². The van der Waals surface area contributed by atoms with Crippen molar-refractivity contribution in [3.63, 3.8) is 0 Å². The molecule has 4 aromatic rings. The quantitative estimate of drug-likeness (QED) is 0.134. The van der Waals surface area contributed by atoms with Crippen molar-refractivity contribution >= 4 is 22.8 Å². The molecule has 2 N–H and O–H groups in total. The number of hydrogen-bond acceptors (Lipinski definition) is 8. The van der Waals surface area contributed by atoms with Crippen LogP contribution in [0.1, 0.15) is 81.4 Å². The zero-order valence-corrected chi connectivity index (χ0v) is 29.8. The topological polar surface area (TPSA) is 117 Å². The van der Waals surface area contributed by atoms with E-state index in [0.717, 1.165) is 88.0 Å². The smallest absolute Gasteiger partial charge is 0.418 e. The Hall–Kier alpha value is -4.23. The molecule has 10 nitrogen and oxygen atoms in total. The molecule has 1 saturated heterocycles. The summed E-state index contributed by atoms with van der Waals surface area (Å²) in [5.74, 6) is 0.448. The van der Waals surface area contributed by atoms with E-state index in [4.69, 9.17) is 24.5 Å². The number of carboxylic acids is 1. The second-order valence-electron chi connectivity index (χ2n) is 14.9. The zero-order valence-electron chi connectivity index (χ0n) is 29.8. The van der Waals surface area contributed by atoms with E-state index >= 15 is 0 Å². The molecule has 0 unspecified atom stereocenters. The Morgan fingerprint density at radius 1 is 1.06 bits per heavy atom. The van der Waals surface area contributed by atoms with Crippen molar-refractivity contribution in [3.8, 4) is 28.4 Å². The maximum absolute atomic E-state index is 14.2. The molecule has 0 radical (unpaired) electrons. The van der Waals surface area contributed by atoms with Crippen molar-refractivity contribution in [1.82, 2.24) is 24.8 Å². The molecule has 52 heavy (non-hydrogen) atoms. The third-order valence-electron chi connectivity index (χ3n) is 10.9. The lowest BCUT2D eigenvalue weighted by molar-refractivity contribution is -0.139. The van der Waals surface area contributed by atoms with E-state index in [9.17, 15) is 18.0 Å². The molecule has 7 rings (SSSR count). The van der Waals surface area contributed by atoms with Crippen LogP contribution < -0.4 is 9.64 Å². The lowest BCUT2D eigenvalue weighted by Crippen LogP contribution is -2.38. The number of benzene rings is 1. The summed E-state index contributed by atoms with van der Waals surface area (Å²) in [6, 6.07) is 10.8. The van der Waals surface area contributed by atoms with Crippen LogP contribution >= 0.6 is 0 Å². The van der Waals surface area contributed by atoms with Crippen molar-refractivity contribution in [2.45, 2.75) is 82.4 Å². The molecule has 2 saturated carbocycles. The summed E-state index contributed by atoms with van der Waals surface area (Å²) in [6.45, 7) is 3.88. The highest BCUT2D eigenvalue weighted by Gasteiger charge is 2.40. The number of H-pyrrole nitrogens is 1. The average molecular weight is 721 g/mol. The van der Waals surface area contributed by atoms with Crippen LogP contribution in [0.25, 0.3) is 33.8 Å². The van der Waals surface area contributed by atoms with Crippen LogP contribution in [-0.4, -0.2) is 89.0 Å². The van der Waals surface area contributed by atoms with Crippen LogP contribution in [0.3, 0.4) is 0 Å². The van der Waals surface area contributed by atoms with Gasteiger partial charge in [-0.25, -0.2) is 9.97 Å². The van der Waals surface area contributed by atoms with Crippen LogP contribution in [0.4, 0.5) is 18.9 Å². The monoisotopic (exact) mass is 720 g/mol. The van der Waals surface area contributed by atoms with Gasteiger partial charge in [-0.05, 0) is 87.9 Å². The van der Waals surface area contributed by atoms with Crippen molar-refractivity contribution in [2.75, 3.05) is 51.8 Å². The molecule has 3 aromatic heterocycles. The van der Waals surface area contributed by atoms with Crippen molar-refractivity contribution in [1.29, 1.82) is 0 Å². The van der Waals surface area contributed by atoms with Gasteiger partial charge in [0.1, 0.15) is 23.2 Å². The molecule has 3 fully saturated rings. The van der Waals surface area contributed by atoms with E-state index in [1.807, 2.05) is 37.4 Å². The van der Waals surface area contributed by atoms with Gasteiger partial charge >= 0.3 is 12.1 Å². The number of pyridine rings is 2. The Kier molecular flexibility index (Phi) is 10.4. The van der Waals surface area contributed by atoms with E-state index in [0.29, 0.717) is 47.8 Å². The number of aliphatic carboxylic acids is 1. The van der Waals surface area contributed by atoms with Gasteiger partial charge in [-0.2, -0.15) is 13.2 Å². The number of nitrogens with one attached hydrogen (secondary N) is 1. The molecule has 4 heterocycles. The largest absolute Gasteiger partial charge is 0.490 e.